The Morgan fingerprint density at radius 3 is 2.95 bits per heavy atom. The summed E-state index contributed by atoms with van der Waals surface area (Å²) in [5, 5.41) is 4.20. The smallest absolute Gasteiger partial charge is 0.341 e. The number of hydrogen-bond donors (Lipinski definition) is 0. The van der Waals surface area contributed by atoms with Crippen molar-refractivity contribution >= 4 is 5.97 Å². The summed E-state index contributed by atoms with van der Waals surface area (Å²) in [5.74, 6) is -0.293. The van der Waals surface area contributed by atoms with E-state index < -0.39 is 0 Å². The van der Waals surface area contributed by atoms with Gasteiger partial charge in [0.15, 0.2) is 0 Å². The molecule has 1 aromatic rings. The van der Waals surface area contributed by atoms with Gasteiger partial charge in [0.2, 0.25) is 0 Å². The van der Waals surface area contributed by atoms with Crippen LogP contribution in [0.5, 0.6) is 0 Å². The van der Waals surface area contributed by atoms with Crippen LogP contribution in [0.1, 0.15) is 42.7 Å². The summed E-state index contributed by atoms with van der Waals surface area (Å²) in [5.41, 5.74) is 1.48. The molecule has 1 unspecified atom stereocenters. The molecule has 0 amide bonds. The maximum atomic E-state index is 12.0. The number of nitrogens with zero attached hydrogens (tertiary/aromatic N) is 3. The molecule has 0 spiro atoms. The molecule has 0 radical (unpaired) electrons. The maximum absolute atomic E-state index is 12.0. The highest BCUT2D eigenvalue weighted by atomic mass is 16.5. The first-order chi connectivity index (χ1) is 10.2. The molecule has 0 aromatic carbocycles. The second kappa shape index (κ2) is 7.56. The molecule has 2 heterocycles. The van der Waals surface area contributed by atoms with Crippen LogP contribution in [0.25, 0.3) is 0 Å². The quantitative estimate of drug-likeness (QED) is 0.746. The fourth-order valence-corrected chi connectivity index (χ4v) is 2.77. The average Bonchev–Trinajstić information content (AvgIpc) is 2.81. The van der Waals surface area contributed by atoms with Crippen LogP contribution in [0.2, 0.25) is 0 Å². The predicted octanol–water partition coefficient (Wildman–Crippen LogP) is 1.60. The lowest BCUT2D eigenvalue weighted by Gasteiger charge is -2.32. The van der Waals surface area contributed by atoms with E-state index in [4.69, 9.17) is 9.47 Å². The van der Waals surface area contributed by atoms with Crippen molar-refractivity contribution in [2.24, 2.45) is 7.05 Å². The van der Waals surface area contributed by atoms with Crippen LogP contribution in [0.15, 0.2) is 6.20 Å². The molecule has 0 aliphatic carbocycles. The zero-order valence-electron chi connectivity index (χ0n) is 13.2. The minimum Gasteiger partial charge on any atom is -0.462 e. The van der Waals surface area contributed by atoms with Gasteiger partial charge in [0.25, 0.3) is 0 Å². The third kappa shape index (κ3) is 4.04. The van der Waals surface area contributed by atoms with E-state index in [1.165, 1.54) is 0 Å². The summed E-state index contributed by atoms with van der Waals surface area (Å²) in [7, 11) is 1.86. The van der Waals surface area contributed by atoms with Gasteiger partial charge in [-0.25, -0.2) is 4.79 Å². The highest BCUT2D eigenvalue weighted by Gasteiger charge is 2.24. The number of carbonyl (C=O) groups is 1. The van der Waals surface area contributed by atoms with Crippen LogP contribution >= 0.6 is 0 Å². The van der Waals surface area contributed by atoms with Crippen molar-refractivity contribution < 1.29 is 14.3 Å². The summed E-state index contributed by atoms with van der Waals surface area (Å²) in [6.45, 7) is 7.60. The molecule has 0 saturated carbocycles. The van der Waals surface area contributed by atoms with E-state index in [-0.39, 0.29) is 5.97 Å². The predicted molar refractivity (Wildman–Crippen MR) is 79.1 cm³/mol. The van der Waals surface area contributed by atoms with Gasteiger partial charge in [0, 0.05) is 26.7 Å². The molecule has 0 bridgehead atoms. The number of esters is 1. The van der Waals surface area contributed by atoms with E-state index in [0.29, 0.717) is 24.8 Å². The second-order valence-electron chi connectivity index (χ2n) is 5.30. The lowest BCUT2D eigenvalue weighted by Crippen LogP contribution is -2.39. The van der Waals surface area contributed by atoms with Crippen LogP contribution in [-0.2, 0) is 23.1 Å². The fraction of sp³-hybridized carbons (Fsp3) is 0.733. The summed E-state index contributed by atoms with van der Waals surface area (Å²) in [4.78, 5) is 14.3. The van der Waals surface area contributed by atoms with Crippen LogP contribution in [0.3, 0.4) is 0 Å². The van der Waals surface area contributed by atoms with Gasteiger partial charge in [-0.1, -0.05) is 0 Å². The van der Waals surface area contributed by atoms with Crippen molar-refractivity contribution in [1.29, 1.82) is 0 Å². The molecule has 1 aliphatic rings. The van der Waals surface area contributed by atoms with Crippen molar-refractivity contribution in [2.75, 3.05) is 26.3 Å². The number of piperidine rings is 1. The molecule has 0 N–H and O–H groups in total. The first-order valence-electron chi connectivity index (χ1n) is 7.67. The van der Waals surface area contributed by atoms with Crippen LogP contribution in [-0.4, -0.2) is 53.1 Å². The average molecular weight is 295 g/mol. The van der Waals surface area contributed by atoms with E-state index in [2.05, 4.69) is 10.00 Å². The lowest BCUT2D eigenvalue weighted by molar-refractivity contribution is 0.00291. The van der Waals surface area contributed by atoms with Crippen LogP contribution in [0, 0.1) is 0 Å². The first-order valence-corrected chi connectivity index (χ1v) is 7.67. The Balaban J connectivity index is 2.05. The number of rotatable bonds is 6. The number of aromatic nitrogens is 2. The van der Waals surface area contributed by atoms with Gasteiger partial charge >= 0.3 is 5.97 Å². The zero-order valence-corrected chi connectivity index (χ0v) is 13.2. The Morgan fingerprint density at radius 2 is 2.24 bits per heavy atom. The lowest BCUT2D eigenvalue weighted by atomic mass is 10.1. The van der Waals surface area contributed by atoms with Crippen molar-refractivity contribution in [3.63, 3.8) is 0 Å². The van der Waals surface area contributed by atoms with Crippen LogP contribution in [0.4, 0.5) is 0 Å². The number of carbonyl (C=O) groups excluding carboxylic acids is 1. The Hall–Kier alpha value is -1.40. The summed E-state index contributed by atoms with van der Waals surface area (Å²) < 4.78 is 12.6. The molecule has 6 nitrogen and oxygen atoms in total. The van der Waals surface area contributed by atoms with Crippen LogP contribution < -0.4 is 0 Å². The Morgan fingerprint density at radius 1 is 1.43 bits per heavy atom. The minimum absolute atomic E-state index is 0.293. The number of aryl methyl sites for hydroxylation is 1. The van der Waals surface area contributed by atoms with Gasteiger partial charge in [-0.05, 0) is 33.2 Å². The molecule has 1 fully saturated rings. The Bertz CT molecular complexity index is 471. The van der Waals surface area contributed by atoms with Gasteiger partial charge in [-0.2, -0.15) is 5.10 Å². The van der Waals surface area contributed by atoms with Crippen molar-refractivity contribution in [3.8, 4) is 0 Å². The molecule has 6 heteroatoms. The Kier molecular flexibility index (Phi) is 5.76. The van der Waals surface area contributed by atoms with Crippen molar-refractivity contribution in [1.82, 2.24) is 14.7 Å². The number of likely N-dealkylation sites (tertiary alicyclic amines) is 1. The first kappa shape index (κ1) is 16.0. The topological polar surface area (TPSA) is 56.6 Å². The Labute approximate surface area is 126 Å². The summed E-state index contributed by atoms with van der Waals surface area (Å²) >= 11 is 0. The third-order valence-electron chi connectivity index (χ3n) is 3.79. The van der Waals surface area contributed by atoms with E-state index >= 15 is 0 Å². The summed E-state index contributed by atoms with van der Waals surface area (Å²) in [6, 6.07) is 0. The van der Waals surface area contributed by atoms with Crippen molar-refractivity contribution in [2.45, 2.75) is 39.3 Å². The fourth-order valence-electron chi connectivity index (χ4n) is 2.77. The molecular weight excluding hydrogens is 270 g/mol. The molecule has 1 aromatic heterocycles. The van der Waals surface area contributed by atoms with E-state index in [0.717, 1.165) is 38.2 Å². The van der Waals surface area contributed by atoms with Crippen molar-refractivity contribution in [3.05, 3.63) is 17.5 Å². The second-order valence-corrected chi connectivity index (χ2v) is 5.30. The molecular formula is C15H25N3O3. The largest absolute Gasteiger partial charge is 0.462 e. The molecule has 1 atom stereocenters. The minimum atomic E-state index is -0.293. The van der Waals surface area contributed by atoms with Gasteiger partial charge < -0.3 is 9.47 Å². The van der Waals surface area contributed by atoms with E-state index in [9.17, 15) is 4.79 Å². The third-order valence-corrected chi connectivity index (χ3v) is 3.79. The maximum Gasteiger partial charge on any atom is 0.341 e. The van der Waals surface area contributed by atoms with Gasteiger partial charge in [-0.15, -0.1) is 0 Å². The van der Waals surface area contributed by atoms with E-state index in [1.807, 2.05) is 20.9 Å². The molecule has 21 heavy (non-hydrogen) atoms. The normalized spacial score (nSPS) is 19.7. The van der Waals surface area contributed by atoms with Gasteiger partial charge in [0.05, 0.1) is 24.6 Å². The SMILES string of the molecule is CCOC(=O)c1cnn(C)c1CN1CCCC(OCC)C1. The van der Waals surface area contributed by atoms with Gasteiger partial charge in [0.1, 0.15) is 5.56 Å². The highest BCUT2D eigenvalue weighted by Crippen LogP contribution is 2.18. The highest BCUT2D eigenvalue weighted by molar-refractivity contribution is 5.90. The molecule has 2 rings (SSSR count). The number of ether oxygens (including phenoxy) is 2. The molecule has 118 valence electrons. The standard InChI is InChI=1S/C15H25N3O3/c1-4-20-12-7-6-8-18(10-12)11-14-13(9-16-17(14)3)15(19)21-5-2/h9,12H,4-8,10-11H2,1-3H3. The number of hydrogen-bond acceptors (Lipinski definition) is 5. The molecule has 1 aliphatic heterocycles. The monoisotopic (exact) mass is 295 g/mol. The molecule has 1 saturated heterocycles. The summed E-state index contributed by atoms with van der Waals surface area (Å²) in [6.07, 6.45) is 4.12. The van der Waals surface area contributed by atoms with E-state index in [1.54, 1.807) is 10.9 Å². The zero-order chi connectivity index (χ0) is 15.2. The van der Waals surface area contributed by atoms with Gasteiger partial charge in [-0.3, -0.25) is 9.58 Å².